The van der Waals surface area contributed by atoms with Crippen LogP contribution in [0.5, 0.6) is 0 Å². The highest BCUT2D eigenvalue weighted by Gasteiger charge is 2.35. The van der Waals surface area contributed by atoms with E-state index >= 15 is 0 Å². The van der Waals surface area contributed by atoms with Crippen molar-refractivity contribution in [3.05, 3.63) is 65.2 Å². The van der Waals surface area contributed by atoms with Crippen molar-refractivity contribution >= 4 is 15.9 Å². The van der Waals surface area contributed by atoms with Crippen LogP contribution in [0.4, 0.5) is 0 Å². The van der Waals surface area contributed by atoms with Crippen molar-refractivity contribution in [2.24, 2.45) is 0 Å². The van der Waals surface area contributed by atoms with Gasteiger partial charge in [0.05, 0.1) is 28.6 Å². The second-order valence-electron chi connectivity index (χ2n) is 4.76. The maximum Gasteiger partial charge on any atom is 0.267 e. The van der Waals surface area contributed by atoms with Gasteiger partial charge in [-0.05, 0) is 29.8 Å². The maximum absolute atomic E-state index is 12.5. The van der Waals surface area contributed by atoms with Gasteiger partial charge in [-0.1, -0.05) is 24.3 Å². The molecule has 7 heteroatoms. The molecule has 0 bridgehead atoms. The highest BCUT2D eigenvalue weighted by atomic mass is 32.2. The maximum atomic E-state index is 12.5. The van der Waals surface area contributed by atoms with Crippen LogP contribution in [0.15, 0.2) is 53.4 Å². The molecule has 0 unspecified atom stereocenters. The van der Waals surface area contributed by atoms with E-state index < -0.39 is 15.9 Å². The second-order valence-corrected chi connectivity index (χ2v) is 6.59. The summed E-state index contributed by atoms with van der Waals surface area (Å²) >= 11 is 0. The molecule has 1 N–H and O–H groups in total. The number of nitrogens with zero attached hydrogens (tertiary/aromatic N) is 2. The number of hydrogen-bond acceptors (Lipinski definition) is 4. The predicted molar refractivity (Wildman–Crippen MR) is 77.8 cm³/mol. The van der Waals surface area contributed by atoms with Gasteiger partial charge in [-0.15, -0.1) is 4.41 Å². The van der Waals surface area contributed by atoms with Gasteiger partial charge in [0.25, 0.3) is 15.9 Å². The van der Waals surface area contributed by atoms with E-state index in [0.29, 0.717) is 11.1 Å². The number of hydrogen-bond donors (Lipinski definition) is 1. The van der Waals surface area contributed by atoms with Gasteiger partial charge in [0.15, 0.2) is 0 Å². The lowest BCUT2D eigenvalue weighted by Gasteiger charge is -2.28. The number of nitriles is 1. The number of rotatable bonds is 2. The Labute approximate surface area is 127 Å². The smallest absolute Gasteiger partial charge is 0.267 e. The number of amides is 1. The summed E-state index contributed by atoms with van der Waals surface area (Å²) in [6.07, 6.45) is 0. The number of nitrogens with one attached hydrogen (secondary N) is 1. The van der Waals surface area contributed by atoms with Crippen LogP contribution in [0, 0.1) is 11.3 Å². The van der Waals surface area contributed by atoms with E-state index in [1.54, 1.807) is 36.4 Å². The summed E-state index contributed by atoms with van der Waals surface area (Å²) in [6.45, 7) is -0.00584. The van der Waals surface area contributed by atoms with Crippen molar-refractivity contribution in [1.82, 2.24) is 9.84 Å². The highest BCUT2D eigenvalue weighted by molar-refractivity contribution is 7.89. The van der Waals surface area contributed by atoms with E-state index in [-0.39, 0.29) is 17.0 Å². The SMILES string of the molecule is N#Cc1ccc(CN2NC(=O)c3ccccc3S2(=O)=O)cc1. The lowest BCUT2D eigenvalue weighted by atomic mass is 10.1. The second kappa shape index (κ2) is 5.26. The monoisotopic (exact) mass is 313 g/mol. The first-order valence-electron chi connectivity index (χ1n) is 6.44. The molecule has 0 spiro atoms. The van der Waals surface area contributed by atoms with Gasteiger partial charge in [-0.25, -0.2) is 8.42 Å². The third-order valence-corrected chi connectivity index (χ3v) is 5.05. The summed E-state index contributed by atoms with van der Waals surface area (Å²) in [5.41, 5.74) is 3.67. The van der Waals surface area contributed by atoms with Crippen molar-refractivity contribution in [3.8, 4) is 6.07 Å². The Morgan fingerprint density at radius 1 is 1.09 bits per heavy atom. The highest BCUT2D eigenvalue weighted by Crippen LogP contribution is 2.24. The molecule has 0 fully saturated rings. The summed E-state index contributed by atoms with van der Waals surface area (Å²) < 4.78 is 26.0. The molecule has 110 valence electrons. The number of carbonyl (C=O) groups excluding carboxylic acids is 1. The summed E-state index contributed by atoms with van der Waals surface area (Å²) in [4.78, 5) is 12.0. The zero-order chi connectivity index (χ0) is 15.7. The van der Waals surface area contributed by atoms with Crippen LogP contribution in [0.25, 0.3) is 0 Å². The van der Waals surface area contributed by atoms with Crippen LogP contribution < -0.4 is 5.43 Å². The first kappa shape index (κ1) is 14.3. The van der Waals surface area contributed by atoms with Crippen LogP contribution in [0.2, 0.25) is 0 Å². The molecule has 0 aromatic heterocycles. The van der Waals surface area contributed by atoms with E-state index in [2.05, 4.69) is 5.43 Å². The Balaban J connectivity index is 1.95. The van der Waals surface area contributed by atoms with E-state index in [9.17, 15) is 13.2 Å². The molecular weight excluding hydrogens is 302 g/mol. The third kappa shape index (κ3) is 2.35. The van der Waals surface area contributed by atoms with Gasteiger partial charge < -0.3 is 0 Å². The van der Waals surface area contributed by atoms with E-state index in [1.165, 1.54) is 12.1 Å². The quantitative estimate of drug-likeness (QED) is 0.907. The summed E-state index contributed by atoms with van der Waals surface area (Å²) in [6, 6.07) is 14.6. The van der Waals surface area contributed by atoms with Gasteiger partial charge in [0.1, 0.15) is 0 Å². The van der Waals surface area contributed by atoms with E-state index in [1.807, 2.05) is 6.07 Å². The molecule has 1 heterocycles. The first-order valence-corrected chi connectivity index (χ1v) is 7.88. The van der Waals surface area contributed by atoms with Crippen molar-refractivity contribution < 1.29 is 13.2 Å². The molecule has 2 aromatic carbocycles. The average Bonchev–Trinajstić information content (AvgIpc) is 2.53. The Morgan fingerprint density at radius 2 is 1.77 bits per heavy atom. The van der Waals surface area contributed by atoms with E-state index in [4.69, 9.17) is 5.26 Å². The van der Waals surface area contributed by atoms with Crippen LogP contribution in [0.1, 0.15) is 21.5 Å². The number of carbonyl (C=O) groups is 1. The van der Waals surface area contributed by atoms with E-state index in [0.717, 1.165) is 4.41 Å². The molecule has 22 heavy (non-hydrogen) atoms. The van der Waals surface area contributed by atoms with Gasteiger partial charge in [-0.2, -0.15) is 5.26 Å². The minimum Gasteiger partial charge on any atom is -0.271 e. The number of hydrazine groups is 1. The molecule has 0 saturated heterocycles. The number of fused-ring (bicyclic) bond motifs is 1. The molecule has 0 atom stereocenters. The average molecular weight is 313 g/mol. The fourth-order valence-corrected chi connectivity index (χ4v) is 3.66. The Hall–Kier alpha value is -2.69. The third-order valence-electron chi connectivity index (χ3n) is 3.34. The van der Waals surface area contributed by atoms with Crippen LogP contribution in [0.3, 0.4) is 0 Å². The zero-order valence-electron chi connectivity index (χ0n) is 11.4. The van der Waals surface area contributed by atoms with Gasteiger partial charge in [-0.3, -0.25) is 10.2 Å². The molecule has 0 saturated carbocycles. The molecule has 0 aliphatic carbocycles. The molecule has 3 rings (SSSR count). The molecule has 0 radical (unpaired) electrons. The fourth-order valence-electron chi connectivity index (χ4n) is 2.21. The number of sulfonamides is 1. The molecule has 1 amide bonds. The normalized spacial score (nSPS) is 16.4. The van der Waals surface area contributed by atoms with Crippen molar-refractivity contribution in [1.29, 1.82) is 5.26 Å². The van der Waals surface area contributed by atoms with Crippen LogP contribution in [-0.2, 0) is 16.6 Å². The topological polar surface area (TPSA) is 90.3 Å². The summed E-state index contributed by atoms with van der Waals surface area (Å²) in [5, 5.41) is 8.76. The van der Waals surface area contributed by atoms with Crippen molar-refractivity contribution in [3.63, 3.8) is 0 Å². The lowest BCUT2D eigenvalue weighted by molar-refractivity contribution is 0.0859. The summed E-state index contributed by atoms with van der Waals surface area (Å²) in [5.74, 6) is -0.459. The zero-order valence-corrected chi connectivity index (χ0v) is 12.2. The first-order chi connectivity index (χ1) is 10.5. The summed E-state index contributed by atoms with van der Waals surface area (Å²) in [7, 11) is -3.79. The van der Waals surface area contributed by atoms with Crippen LogP contribution >= 0.6 is 0 Å². The molecule has 1 aliphatic rings. The van der Waals surface area contributed by atoms with Crippen LogP contribution in [-0.4, -0.2) is 18.7 Å². The minimum absolute atomic E-state index is 0.00584. The Kier molecular flexibility index (Phi) is 3.41. The Morgan fingerprint density at radius 3 is 2.45 bits per heavy atom. The fraction of sp³-hybridized carbons (Fsp3) is 0.0667. The van der Waals surface area contributed by atoms with Gasteiger partial charge in [0.2, 0.25) is 0 Å². The van der Waals surface area contributed by atoms with Gasteiger partial charge >= 0.3 is 0 Å². The van der Waals surface area contributed by atoms with Gasteiger partial charge in [0, 0.05) is 0 Å². The predicted octanol–water partition coefficient (Wildman–Crippen LogP) is 1.41. The van der Waals surface area contributed by atoms with Crippen molar-refractivity contribution in [2.75, 3.05) is 0 Å². The largest absolute Gasteiger partial charge is 0.271 e. The standard InChI is InChI=1S/C15H11N3O3S/c16-9-11-5-7-12(8-6-11)10-18-17-15(19)13-3-1-2-4-14(13)22(18,20)21/h1-8H,10H2,(H,17,19). The lowest BCUT2D eigenvalue weighted by Crippen LogP contribution is -2.49. The molecule has 1 aliphatic heterocycles. The molecular formula is C15H11N3O3S. The molecule has 2 aromatic rings. The number of benzene rings is 2. The Bertz CT molecular complexity index is 883. The molecule has 6 nitrogen and oxygen atoms in total. The van der Waals surface area contributed by atoms with Crippen molar-refractivity contribution in [2.45, 2.75) is 11.4 Å². The minimum atomic E-state index is -3.79.